The molecule has 2 rings (SSSR count). The molecular weight excluding hydrogens is 193 g/mol. The predicted molar refractivity (Wildman–Crippen MR) is 55.9 cm³/mol. The van der Waals surface area contributed by atoms with Crippen molar-refractivity contribution in [1.82, 2.24) is 15.3 Å². The molecule has 0 aliphatic heterocycles. The highest BCUT2D eigenvalue weighted by molar-refractivity contribution is 5.25. The summed E-state index contributed by atoms with van der Waals surface area (Å²) in [6, 6.07) is 6.36. The molecule has 0 bridgehead atoms. The summed E-state index contributed by atoms with van der Waals surface area (Å²) in [4.78, 5) is 7.21. The van der Waals surface area contributed by atoms with Crippen molar-refractivity contribution in [3.8, 4) is 0 Å². The molecule has 3 nitrogen and oxygen atoms in total. The van der Waals surface area contributed by atoms with Crippen LogP contribution in [0.4, 0.5) is 4.39 Å². The molecule has 0 aliphatic carbocycles. The second-order valence-electron chi connectivity index (χ2n) is 3.25. The highest BCUT2D eigenvalue weighted by Gasteiger charge is 2.13. The van der Waals surface area contributed by atoms with Gasteiger partial charge in [0, 0.05) is 12.4 Å². The fourth-order valence-corrected chi connectivity index (χ4v) is 1.55. The van der Waals surface area contributed by atoms with Crippen LogP contribution in [0.15, 0.2) is 36.7 Å². The monoisotopic (exact) mass is 205 g/mol. The molecule has 15 heavy (non-hydrogen) atoms. The van der Waals surface area contributed by atoms with Gasteiger partial charge in [-0.25, -0.2) is 9.37 Å². The van der Waals surface area contributed by atoms with Gasteiger partial charge in [-0.2, -0.15) is 0 Å². The van der Waals surface area contributed by atoms with E-state index in [0.717, 1.165) is 11.4 Å². The van der Waals surface area contributed by atoms with Crippen LogP contribution in [0, 0.1) is 5.82 Å². The van der Waals surface area contributed by atoms with Crippen LogP contribution in [-0.4, -0.2) is 17.0 Å². The van der Waals surface area contributed by atoms with Gasteiger partial charge in [0.1, 0.15) is 11.6 Å². The number of hydrogen-bond donors (Lipinski definition) is 2. The smallest absolute Gasteiger partial charge is 0.127 e. The number of halogens is 1. The fraction of sp³-hybridized carbons (Fsp3) is 0.182. The molecule has 0 amide bonds. The maximum atomic E-state index is 12.8. The number of benzene rings is 1. The van der Waals surface area contributed by atoms with Crippen LogP contribution in [0.5, 0.6) is 0 Å². The lowest BCUT2D eigenvalue weighted by molar-refractivity contribution is 0.619. The Balaban J connectivity index is 2.31. The molecule has 0 saturated heterocycles. The van der Waals surface area contributed by atoms with Crippen molar-refractivity contribution >= 4 is 0 Å². The maximum absolute atomic E-state index is 12.8. The summed E-state index contributed by atoms with van der Waals surface area (Å²) in [6.07, 6.45) is 3.46. The quantitative estimate of drug-likeness (QED) is 0.803. The molecule has 1 heterocycles. The molecule has 1 atom stereocenters. The highest BCUT2D eigenvalue weighted by Crippen LogP contribution is 2.18. The Bertz CT molecular complexity index is 408. The molecule has 1 aromatic carbocycles. The summed E-state index contributed by atoms with van der Waals surface area (Å²) in [6.45, 7) is 0. The van der Waals surface area contributed by atoms with Gasteiger partial charge in [-0.15, -0.1) is 0 Å². The van der Waals surface area contributed by atoms with Crippen molar-refractivity contribution in [1.29, 1.82) is 0 Å². The molecule has 78 valence electrons. The lowest BCUT2D eigenvalue weighted by Crippen LogP contribution is -2.18. The second-order valence-corrected chi connectivity index (χ2v) is 3.25. The summed E-state index contributed by atoms with van der Waals surface area (Å²) in [5.74, 6) is 0.595. The second kappa shape index (κ2) is 4.23. The number of H-pyrrole nitrogens is 1. The van der Waals surface area contributed by atoms with E-state index < -0.39 is 0 Å². The van der Waals surface area contributed by atoms with Crippen molar-refractivity contribution in [2.75, 3.05) is 7.05 Å². The van der Waals surface area contributed by atoms with Gasteiger partial charge in [0.25, 0.3) is 0 Å². The van der Waals surface area contributed by atoms with E-state index in [0.29, 0.717) is 0 Å². The summed E-state index contributed by atoms with van der Waals surface area (Å²) in [7, 11) is 1.84. The van der Waals surface area contributed by atoms with E-state index in [1.54, 1.807) is 24.5 Å². The minimum absolute atomic E-state index is 0.0272. The maximum Gasteiger partial charge on any atom is 0.127 e. The Morgan fingerprint density at radius 1 is 1.33 bits per heavy atom. The third-order valence-corrected chi connectivity index (χ3v) is 2.28. The minimum atomic E-state index is -0.229. The SMILES string of the molecule is CN[C@H](c1ccc(F)cc1)c1ncc[nH]1. The summed E-state index contributed by atoms with van der Waals surface area (Å²) in [5.41, 5.74) is 0.980. The molecule has 2 aromatic rings. The Hall–Kier alpha value is -1.68. The molecule has 0 spiro atoms. The standard InChI is InChI=1S/C11H12FN3/c1-13-10(11-14-6-7-15-11)8-2-4-9(12)5-3-8/h2-7,10,13H,1H3,(H,14,15)/t10-/m1/s1. The molecule has 0 radical (unpaired) electrons. The van der Waals surface area contributed by atoms with Crippen LogP contribution < -0.4 is 5.32 Å². The largest absolute Gasteiger partial charge is 0.347 e. The van der Waals surface area contributed by atoms with Crippen LogP contribution >= 0.6 is 0 Å². The number of aromatic amines is 1. The zero-order chi connectivity index (χ0) is 10.7. The highest BCUT2D eigenvalue weighted by atomic mass is 19.1. The molecule has 2 N–H and O–H groups in total. The first-order chi connectivity index (χ1) is 7.31. The molecule has 0 fully saturated rings. The Kier molecular flexibility index (Phi) is 2.78. The van der Waals surface area contributed by atoms with Gasteiger partial charge in [0.15, 0.2) is 0 Å². The van der Waals surface area contributed by atoms with Crippen molar-refractivity contribution < 1.29 is 4.39 Å². The molecule has 4 heteroatoms. The topological polar surface area (TPSA) is 40.7 Å². The molecule has 0 aliphatic rings. The number of aromatic nitrogens is 2. The summed E-state index contributed by atoms with van der Waals surface area (Å²) < 4.78 is 12.8. The van der Waals surface area contributed by atoms with Crippen LogP contribution in [0.3, 0.4) is 0 Å². The van der Waals surface area contributed by atoms with E-state index >= 15 is 0 Å². The van der Waals surface area contributed by atoms with Gasteiger partial charge in [-0.3, -0.25) is 0 Å². The van der Waals surface area contributed by atoms with Crippen LogP contribution in [0.2, 0.25) is 0 Å². The van der Waals surface area contributed by atoms with Gasteiger partial charge in [0.2, 0.25) is 0 Å². The summed E-state index contributed by atoms with van der Waals surface area (Å²) >= 11 is 0. The van der Waals surface area contributed by atoms with Gasteiger partial charge in [0.05, 0.1) is 6.04 Å². The number of hydrogen-bond acceptors (Lipinski definition) is 2. The zero-order valence-corrected chi connectivity index (χ0v) is 8.37. The van der Waals surface area contributed by atoms with Gasteiger partial charge in [-0.1, -0.05) is 12.1 Å². The van der Waals surface area contributed by atoms with E-state index in [-0.39, 0.29) is 11.9 Å². The van der Waals surface area contributed by atoms with Crippen LogP contribution in [-0.2, 0) is 0 Å². The third kappa shape index (κ3) is 2.05. The van der Waals surface area contributed by atoms with Gasteiger partial charge < -0.3 is 10.3 Å². The lowest BCUT2D eigenvalue weighted by atomic mass is 10.1. The van der Waals surface area contributed by atoms with Crippen molar-refractivity contribution in [3.63, 3.8) is 0 Å². The normalized spacial score (nSPS) is 12.7. The zero-order valence-electron chi connectivity index (χ0n) is 8.37. The van der Waals surface area contributed by atoms with Crippen molar-refractivity contribution in [3.05, 3.63) is 53.9 Å². The first-order valence-electron chi connectivity index (χ1n) is 4.73. The number of imidazole rings is 1. The van der Waals surface area contributed by atoms with Gasteiger partial charge >= 0.3 is 0 Å². The van der Waals surface area contributed by atoms with E-state index in [9.17, 15) is 4.39 Å². The molecule has 1 aromatic heterocycles. The predicted octanol–water partition coefficient (Wildman–Crippen LogP) is 1.86. The number of rotatable bonds is 3. The Labute approximate surface area is 87.4 Å². The summed E-state index contributed by atoms with van der Waals surface area (Å²) in [5, 5.41) is 3.12. The van der Waals surface area contributed by atoms with Crippen LogP contribution in [0.1, 0.15) is 17.4 Å². The average Bonchev–Trinajstić information content (AvgIpc) is 2.75. The lowest BCUT2D eigenvalue weighted by Gasteiger charge is -2.13. The third-order valence-electron chi connectivity index (χ3n) is 2.28. The van der Waals surface area contributed by atoms with Gasteiger partial charge in [-0.05, 0) is 24.7 Å². The average molecular weight is 205 g/mol. The first-order valence-corrected chi connectivity index (χ1v) is 4.73. The number of nitrogens with one attached hydrogen (secondary N) is 2. The van der Waals surface area contributed by atoms with Crippen LogP contribution in [0.25, 0.3) is 0 Å². The molecular formula is C11H12FN3. The minimum Gasteiger partial charge on any atom is -0.347 e. The fourth-order valence-electron chi connectivity index (χ4n) is 1.55. The number of nitrogens with zero attached hydrogens (tertiary/aromatic N) is 1. The Morgan fingerprint density at radius 2 is 2.07 bits per heavy atom. The van der Waals surface area contributed by atoms with E-state index in [1.165, 1.54) is 12.1 Å². The van der Waals surface area contributed by atoms with Crippen molar-refractivity contribution in [2.45, 2.75) is 6.04 Å². The van der Waals surface area contributed by atoms with Crippen molar-refractivity contribution in [2.24, 2.45) is 0 Å². The molecule has 0 unspecified atom stereocenters. The first kappa shape index (κ1) is 9.86. The Morgan fingerprint density at radius 3 is 2.60 bits per heavy atom. The molecule has 0 saturated carbocycles. The van der Waals surface area contributed by atoms with E-state index in [4.69, 9.17) is 0 Å². The van der Waals surface area contributed by atoms with E-state index in [1.807, 2.05) is 7.05 Å². The van der Waals surface area contributed by atoms with E-state index in [2.05, 4.69) is 15.3 Å².